The predicted octanol–water partition coefficient (Wildman–Crippen LogP) is 2.27. The standard InChI is InChI=1S/C21H27ClN2O3/c1-27-17-10-15-14(8-16(17)22)9-18-21(26)4-6-23-19(25)11-20(15,21)5-7-24(18)12-13-2-3-13/h8,10,13,18,26H,2-7,9,11-12H2,1H3,(H,23,25). The Kier molecular flexibility index (Phi) is 4.01. The van der Waals surface area contributed by atoms with E-state index in [0.29, 0.717) is 30.2 Å². The van der Waals surface area contributed by atoms with Gasteiger partial charge in [-0.25, -0.2) is 0 Å². The number of fused-ring (bicyclic) bond motifs is 1. The molecule has 2 N–H and O–H groups in total. The minimum Gasteiger partial charge on any atom is -0.495 e. The Bertz CT molecular complexity index is 796. The zero-order valence-electron chi connectivity index (χ0n) is 15.8. The van der Waals surface area contributed by atoms with E-state index in [9.17, 15) is 9.90 Å². The van der Waals surface area contributed by atoms with Gasteiger partial charge in [0.15, 0.2) is 0 Å². The van der Waals surface area contributed by atoms with Crippen LogP contribution in [0.4, 0.5) is 0 Å². The van der Waals surface area contributed by atoms with Gasteiger partial charge in [0.25, 0.3) is 0 Å². The Labute approximate surface area is 165 Å². The minimum atomic E-state index is -0.912. The number of nitrogens with zero attached hydrogens (tertiary/aromatic N) is 1. The number of methoxy groups -OCH3 is 1. The molecule has 1 aromatic rings. The van der Waals surface area contributed by atoms with Crippen molar-refractivity contribution in [3.8, 4) is 5.75 Å². The number of aliphatic hydroxyl groups is 1. The molecule has 1 saturated carbocycles. The van der Waals surface area contributed by atoms with Crippen molar-refractivity contribution in [2.45, 2.75) is 55.6 Å². The molecule has 27 heavy (non-hydrogen) atoms. The first kappa shape index (κ1) is 17.8. The zero-order chi connectivity index (χ0) is 18.8. The van der Waals surface area contributed by atoms with Crippen molar-refractivity contribution in [2.24, 2.45) is 5.92 Å². The summed E-state index contributed by atoms with van der Waals surface area (Å²) in [5, 5.41) is 15.7. The van der Waals surface area contributed by atoms with Crippen LogP contribution in [0.5, 0.6) is 5.75 Å². The highest BCUT2D eigenvalue weighted by atomic mass is 35.5. The number of ether oxygens (including phenoxy) is 1. The van der Waals surface area contributed by atoms with Crippen LogP contribution in [0.25, 0.3) is 0 Å². The van der Waals surface area contributed by atoms with Gasteiger partial charge in [0.2, 0.25) is 5.91 Å². The number of rotatable bonds is 3. The molecule has 2 aliphatic heterocycles. The first-order valence-corrected chi connectivity index (χ1v) is 10.4. The number of nitrogens with one attached hydrogen (secondary N) is 1. The second-order valence-electron chi connectivity index (χ2n) is 8.84. The summed E-state index contributed by atoms with van der Waals surface area (Å²) in [6.45, 7) is 2.52. The van der Waals surface area contributed by atoms with Crippen molar-refractivity contribution < 1.29 is 14.6 Å². The third-order valence-corrected chi connectivity index (χ3v) is 7.73. The first-order valence-electron chi connectivity index (χ1n) is 10.1. The van der Waals surface area contributed by atoms with Crippen LogP contribution in [-0.4, -0.2) is 54.3 Å². The number of carbonyl (C=O) groups excluding carboxylic acids is 1. The lowest BCUT2D eigenvalue weighted by molar-refractivity contribution is -0.153. The van der Waals surface area contributed by atoms with Gasteiger partial charge in [-0.1, -0.05) is 11.6 Å². The van der Waals surface area contributed by atoms with E-state index >= 15 is 0 Å². The van der Waals surface area contributed by atoms with Crippen molar-refractivity contribution >= 4 is 17.5 Å². The molecular formula is C21H27ClN2O3. The van der Waals surface area contributed by atoms with Gasteiger partial charge in [0.1, 0.15) is 5.75 Å². The van der Waals surface area contributed by atoms with Crippen LogP contribution in [0, 0.1) is 5.92 Å². The monoisotopic (exact) mass is 390 g/mol. The Morgan fingerprint density at radius 1 is 1.37 bits per heavy atom. The Balaban J connectivity index is 1.68. The molecule has 4 aliphatic rings. The summed E-state index contributed by atoms with van der Waals surface area (Å²) in [6, 6.07) is 4.01. The molecular weight excluding hydrogens is 364 g/mol. The summed E-state index contributed by atoms with van der Waals surface area (Å²) in [5.74, 6) is 1.42. The Hall–Kier alpha value is -1.30. The van der Waals surface area contributed by atoms with Crippen molar-refractivity contribution in [1.82, 2.24) is 10.2 Å². The summed E-state index contributed by atoms with van der Waals surface area (Å²) in [5.41, 5.74) is 0.742. The van der Waals surface area contributed by atoms with Gasteiger partial charge < -0.3 is 15.2 Å². The fourth-order valence-corrected chi connectivity index (χ4v) is 6.15. The number of amides is 1. The maximum Gasteiger partial charge on any atom is 0.221 e. The summed E-state index contributed by atoms with van der Waals surface area (Å²) in [6.07, 6.45) is 5.08. The van der Waals surface area contributed by atoms with Gasteiger partial charge in [-0.2, -0.15) is 0 Å². The summed E-state index contributed by atoms with van der Waals surface area (Å²) in [7, 11) is 1.61. The fourth-order valence-electron chi connectivity index (χ4n) is 5.89. The van der Waals surface area contributed by atoms with Gasteiger partial charge in [-0.15, -0.1) is 0 Å². The molecule has 3 unspecified atom stereocenters. The van der Waals surface area contributed by atoms with E-state index < -0.39 is 11.0 Å². The minimum absolute atomic E-state index is 0.0297. The fraction of sp³-hybridized carbons (Fsp3) is 0.667. The topological polar surface area (TPSA) is 61.8 Å². The van der Waals surface area contributed by atoms with Crippen LogP contribution < -0.4 is 10.1 Å². The lowest BCUT2D eigenvalue weighted by Gasteiger charge is -2.61. The van der Waals surface area contributed by atoms with Gasteiger partial charge >= 0.3 is 0 Å². The Morgan fingerprint density at radius 3 is 2.93 bits per heavy atom. The average Bonchev–Trinajstić information content (AvgIpc) is 3.44. The molecule has 2 heterocycles. The first-order chi connectivity index (χ1) is 13.0. The SMILES string of the molecule is COc1cc2c(cc1Cl)CC1N(CC3CC3)CCC23CC(=O)NCCC13O. The molecule has 3 atom stereocenters. The third-order valence-electron chi connectivity index (χ3n) is 7.43. The van der Waals surface area contributed by atoms with Gasteiger partial charge in [0, 0.05) is 31.0 Å². The smallest absolute Gasteiger partial charge is 0.221 e. The van der Waals surface area contributed by atoms with Crippen molar-refractivity contribution in [1.29, 1.82) is 0 Å². The lowest BCUT2D eigenvalue weighted by atomic mass is 9.52. The quantitative estimate of drug-likeness (QED) is 0.831. The van der Waals surface area contributed by atoms with Crippen LogP contribution in [0.1, 0.15) is 43.2 Å². The largest absolute Gasteiger partial charge is 0.495 e. The molecule has 0 spiro atoms. The highest BCUT2D eigenvalue weighted by Crippen LogP contribution is 2.57. The van der Waals surface area contributed by atoms with E-state index in [2.05, 4.69) is 10.2 Å². The molecule has 146 valence electrons. The molecule has 3 fully saturated rings. The molecule has 1 amide bonds. The third kappa shape index (κ3) is 2.55. The normalized spacial score (nSPS) is 35.7. The second kappa shape index (κ2) is 6.10. The van der Waals surface area contributed by atoms with Gasteiger partial charge in [-0.3, -0.25) is 9.69 Å². The van der Waals surface area contributed by atoms with Gasteiger partial charge in [0.05, 0.1) is 17.7 Å². The van der Waals surface area contributed by atoms with E-state index in [-0.39, 0.29) is 11.9 Å². The van der Waals surface area contributed by atoms with Gasteiger partial charge in [-0.05, 0) is 67.8 Å². The number of hydrogen-bond acceptors (Lipinski definition) is 4. The lowest BCUT2D eigenvalue weighted by Crippen LogP contribution is -2.71. The molecule has 1 aromatic carbocycles. The van der Waals surface area contributed by atoms with E-state index in [4.69, 9.17) is 16.3 Å². The number of carbonyl (C=O) groups is 1. The Morgan fingerprint density at radius 2 is 2.19 bits per heavy atom. The highest BCUT2D eigenvalue weighted by molar-refractivity contribution is 6.32. The zero-order valence-corrected chi connectivity index (χ0v) is 16.5. The molecule has 0 aromatic heterocycles. The predicted molar refractivity (Wildman–Crippen MR) is 103 cm³/mol. The van der Waals surface area contributed by atoms with Crippen LogP contribution in [0.2, 0.25) is 5.02 Å². The van der Waals surface area contributed by atoms with Crippen LogP contribution >= 0.6 is 11.6 Å². The number of halogens is 1. The second-order valence-corrected chi connectivity index (χ2v) is 9.24. The molecule has 0 radical (unpaired) electrons. The summed E-state index contributed by atoms with van der Waals surface area (Å²) >= 11 is 6.44. The van der Waals surface area contributed by atoms with E-state index in [1.54, 1.807) is 7.11 Å². The molecule has 2 bridgehead atoms. The highest BCUT2D eigenvalue weighted by Gasteiger charge is 2.64. The molecule has 2 aliphatic carbocycles. The summed E-state index contributed by atoms with van der Waals surface area (Å²) in [4.78, 5) is 15.1. The van der Waals surface area contributed by atoms with Crippen molar-refractivity contribution in [2.75, 3.05) is 26.7 Å². The van der Waals surface area contributed by atoms with Crippen LogP contribution in [0.15, 0.2) is 12.1 Å². The number of likely N-dealkylation sites (tertiary alicyclic amines) is 1. The molecule has 5 rings (SSSR count). The van der Waals surface area contributed by atoms with Crippen LogP contribution in [0.3, 0.4) is 0 Å². The molecule has 6 heteroatoms. The number of hydrogen-bond donors (Lipinski definition) is 2. The van der Waals surface area contributed by atoms with Crippen LogP contribution in [-0.2, 0) is 16.6 Å². The molecule has 2 saturated heterocycles. The molecule has 5 nitrogen and oxygen atoms in total. The summed E-state index contributed by atoms with van der Waals surface area (Å²) < 4.78 is 5.47. The van der Waals surface area contributed by atoms with E-state index in [1.165, 1.54) is 12.8 Å². The van der Waals surface area contributed by atoms with E-state index in [0.717, 1.165) is 43.0 Å². The van der Waals surface area contributed by atoms with E-state index in [1.807, 2.05) is 12.1 Å². The van der Waals surface area contributed by atoms with Crippen molar-refractivity contribution in [3.05, 3.63) is 28.3 Å². The number of piperidine rings is 1. The maximum atomic E-state index is 12.6. The average molecular weight is 391 g/mol. The number of benzene rings is 1. The maximum absolute atomic E-state index is 12.6. The van der Waals surface area contributed by atoms with Crippen molar-refractivity contribution in [3.63, 3.8) is 0 Å².